The number of carbonyl (C=O) groups excluding carboxylic acids is 2. The highest BCUT2D eigenvalue weighted by molar-refractivity contribution is 5.94. The lowest BCUT2D eigenvalue weighted by molar-refractivity contribution is -0.108. The SMILES string of the molecule is CC(C)=CCCC(C)CC=O.COC(=O)c1ccccc1N. The van der Waals surface area contributed by atoms with Crippen LogP contribution in [0, 0.1) is 5.92 Å². The summed E-state index contributed by atoms with van der Waals surface area (Å²) in [5.74, 6) is 0.145. The molecular formula is C18H27NO3. The molecule has 0 amide bonds. The lowest BCUT2D eigenvalue weighted by Crippen LogP contribution is -2.04. The summed E-state index contributed by atoms with van der Waals surface area (Å²) in [6.07, 6.45) is 6.17. The fourth-order valence-corrected chi connectivity index (χ4v) is 1.73. The van der Waals surface area contributed by atoms with Gasteiger partial charge in [0, 0.05) is 12.1 Å². The molecule has 1 aromatic rings. The Morgan fingerprint density at radius 3 is 2.45 bits per heavy atom. The predicted octanol–water partition coefficient (Wildman–Crippen LogP) is 4.01. The molecular weight excluding hydrogens is 278 g/mol. The minimum atomic E-state index is -0.400. The van der Waals surface area contributed by atoms with Gasteiger partial charge in [-0.15, -0.1) is 0 Å². The number of ether oxygens (including phenoxy) is 1. The predicted molar refractivity (Wildman–Crippen MR) is 90.7 cm³/mol. The van der Waals surface area contributed by atoms with Crippen molar-refractivity contribution >= 4 is 17.9 Å². The molecule has 0 spiro atoms. The molecule has 0 aliphatic rings. The van der Waals surface area contributed by atoms with Gasteiger partial charge in [0.15, 0.2) is 0 Å². The number of hydrogen-bond donors (Lipinski definition) is 1. The topological polar surface area (TPSA) is 69.4 Å². The number of nitrogens with two attached hydrogens (primary N) is 1. The number of methoxy groups -OCH3 is 1. The van der Waals surface area contributed by atoms with Crippen molar-refractivity contribution in [2.75, 3.05) is 12.8 Å². The van der Waals surface area contributed by atoms with Crippen molar-refractivity contribution < 1.29 is 14.3 Å². The molecule has 0 fully saturated rings. The zero-order valence-corrected chi connectivity index (χ0v) is 14.0. The monoisotopic (exact) mass is 305 g/mol. The molecule has 4 heteroatoms. The number of hydrogen-bond acceptors (Lipinski definition) is 4. The van der Waals surface area contributed by atoms with Crippen molar-refractivity contribution in [2.24, 2.45) is 5.92 Å². The molecule has 0 aromatic heterocycles. The summed E-state index contributed by atoms with van der Waals surface area (Å²) in [5.41, 5.74) is 7.72. The molecule has 0 bridgehead atoms. The standard InChI is InChI=1S/C10H18O.C8H9NO2/c1-9(2)5-4-6-10(3)7-8-11;1-11-8(10)6-4-2-3-5-7(6)9/h5,8,10H,4,6-7H2,1-3H3;2-5H,9H2,1H3. The van der Waals surface area contributed by atoms with Crippen LogP contribution in [0.25, 0.3) is 0 Å². The number of nitrogen functional groups attached to an aromatic ring is 1. The zero-order valence-electron chi connectivity index (χ0n) is 14.0. The van der Waals surface area contributed by atoms with Gasteiger partial charge in [-0.2, -0.15) is 0 Å². The smallest absolute Gasteiger partial charge is 0.339 e. The minimum Gasteiger partial charge on any atom is -0.465 e. The van der Waals surface area contributed by atoms with Crippen LogP contribution in [0.1, 0.15) is 50.4 Å². The first kappa shape index (κ1) is 19.9. The second-order valence-corrected chi connectivity index (χ2v) is 5.45. The third-order valence-electron chi connectivity index (χ3n) is 3.08. The maximum atomic E-state index is 10.9. The molecule has 1 aromatic carbocycles. The summed E-state index contributed by atoms with van der Waals surface area (Å²) in [4.78, 5) is 21.0. The van der Waals surface area contributed by atoms with Gasteiger partial charge >= 0.3 is 5.97 Å². The maximum absolute atomic E-state index is 10.9. The number of allylic oxidation sites excluding steroid dienone is 2. The fourth-order valence-electron chi connectivity index (χ4n) is 1.73. The Balaban J connectivity index is 0.000000401. The van der Waals surface area contributed by atoms with Gasteiger partial charge in [0.1, 0.15) is 6.29 Å². The van der Waals surface area contributed by atoms with Crippen LogP contribution in [-0.4, -0.2) is 19.4 Å². The van der Waals surface area contributed by atoms with Gasteiger partial charge in [-0.05, 0) is 44.7 Å². The molecule has 0 aliphatic carbocycles. The van der Waals surface area contributed by atoms with Crippen LogP contribution >= 0.6 is 0 Å². The van der Waals surface area contributed by atoms with Gasteiger partial charge in [-0.1, -0.05) is 30.7 Å². The second kappa shape index (κ2) is 11.5. The van der Waals surface area contributed by atoms with Gasteiger partial charge < -0.3 is 15.3 Å². The summed E-state index contributed by atoms with van der Waals surface area (Å²) >= 11 is 0. The van der Waals surface area contributed by atoms with E-state index in [2.05, 4.69) is 31.6 Å². The second-order valence-electron chi connectivity index (χ2n) is 5.45. The van der Waals surface area contributed by atoms with E-state index in [1.807, 2.05) is 0 Å². The summed E-state index contributed by atoms with van der Waals surface area (Å²) in [5, 5.41) is 0. The van der Waals surface area contributed by atoms with Crippen molar-refractivity contribution in [3.63, 3.8) is 0 Å². The summed E-state index contributed by atoms with van der Waals surface area (Å²) in [6.45, 7) is 6.32. The first-order valence-electron chi connectivity index (χ1n) is 7.42. The molecule has 1 atom stereocenters. The molecule has 4 nitrogen and oxygen atoms in total. The summed E-state index contributed by atoms with van der Waals surface area (Å²) < 4.78 is 4.50. The van der Waals surface area contributed by atoms with Crippen molar-refractivity contribution in [1.82, 2.24) is 0 Å². The molecule has 0 aliphatic heterocycles. The van der Waals surface area contributed by atoms with Crippen LogP contribution < -0.4 is 5.73 Å². The minimum absolute atomic E-state index is 0.400. The number of para-hydroxylation sites is 1. The van der Waals surface area contributed by atoms with E-state index in [1.54, 1.807) is 24.3 Å². The normalized spacial score (nSPS) is 10.7. The molecule has 1 unspecified atom stereocenters. The van der Waals surface area contributed by atoms with E-state index < -0.39 is 5.97 Å². The van der Waals surface area contributed by atoms with Gasteiger partial charge in [-0.25, -0.2) is 4.79 Å². The Morgan fingerprint density at radius 1 is 1.32 bits per heavy atom. The highest BCUT2D eigenvalue weighted by Crippen LogP contribution is 2.11. The number of benzene rings is 1. The summed E-state index contributed by atoms with van der Waals surface area (Å²) in [6, 6.07) is 6.79. The van der Waals surface area contributed by atoms with Gasteiger partial charge in [0.05, 0.1) is 12.7 Å². The Hall–Kier alpha value is -2.10. The van der Waals surface area contributed by atoms with Crippen LogP contribution in [0.2, 0.25) is 0 Å². The largest absolute Gasteiger partial charge is 0.465 e. The number of rotatable bonds is 6. The van der Waals surface area contributed by atoms with Crippen molar-refractivity contribution in [1.29, 1.82) is 0 Å². The van der Waals surface area contributed by atoms with Crippen LogP contribution in [0.5, 0.6) is 0 Å². The number of anilines is 1. The van der Waals surface area contributed by atoms with E-state index in [4.69, 9.17) is 5.73 Å². The van der Waals surface area contributed by atoms with E-state index in [9.17, 15) is 9.59 Å². The van der Waals surface area contributed by atoms with Crippen LogP contribution in [-0.2, 0) is 9.53 Å². The average Bonchev–Trinajstić information content (AvgIpc) is 2.47. The molecule has 0 radical (unpaired) electrons. The Bertz CT molecular complexity index is 491. The lowest BCUT2D eigenvalue weighted by Gasteiger charge is -2.03. The Morgan fingerprint density at radius 2 is 1.95 bits per heavy atom. The van der Waals surface area contributed by atoms with Gasteiger partial charge in [0.2, 0.25) is 0 Å². The summed E-state index contributed by atoms with van der Waals surface area (Å²) in [7, 11) is 1.33. The lowest BCUT2D eigenvalue weighted by atomic mass is 10.0. The van der Waals surface area contributed by atoms with Crippen molar-refractivity contribution in [3.8, 4) is 0 Å². The van der Waals surface area contributed by atoms with Crippen LogP contribution in [0.4, 0.5) is 5.69 Å². The number of carbonyl (C=O) groups is 2. The first-order valence-corrected chi connectivity index (χ1v) is 7.42. The Labute approximate surface area is 133 Å². The average molecular weight is 305 g/mol. The highest BCUT2D eigenvalue weighted by atomic mass is 16.5. The Kier molecular flexibility index (Phi) is 10.4. The quantitative estimate of drug-likeness (QED) is 0.373. The van der Waals surface area contributed by atoms with E-state index >= 15 is 0 Å². The number of esters is 1. The zero-order chi connectivity index (χ0) is 17.0. The molecule has 122 valence electrons. The third-order valence-corrected chi connectivity index (χ3v) is 3.08. The van der Waals surface area contributed by atoms with E-state index in [-0.39, 0.29) is 0 Å². The molecule has 2 N–H and O–H groups in total. The molecule has 22 heavy (non-hydrogen) atoms. The molecule has 0 saturated carbocycles. The molecule has 0 heterocycles. The van der Waals surface area contributed by atoms with Gasteiger partial charge in [-0.3, -0.25) is 0 Å². The first-order chi connectivity index (χ1) is 10.4. The van der Waals surface area contributed by atoms with E-state index in [0.717, 1.165) is 19.1 Å². The fraction of sp³-hybridized carbons (Fsp3) is 0.444. The van der Waals surface area contributed by atoms with Gasteiger partial charge in [0.25, 0.3) is 0 Å². The maximum Gasteiger partial charge on any atom is 0.339 e. The van der Waals surface area contributed by atoms with Crippen LogP contribution in [0.3, 0.4) is 0 Å². The third kappa shape index (κ3) is 8.95. The molecule has 1 rings (SSSR count). The van der Waals surface area contributed by atoms with E-state index in [0.29, 0.717) is 23.6 Å². The number of aldehydes is 1. The molecule has 0 saturated heterocycles. The van der Waals surface area contributed by atoms with Crippen molar-refractivity contribution in [3.05, 3.63) is 41.5 Å². The highest BCUT2D eigenvalue weighted by Gasteiger charge is 2.06. The van der Waals surface area contributed by atoms with E-state index in [1.165, 1.54) is 12.7 Å². The van der Waals surface area contributed by atoms with Crippen molar-refractivity contribution in [2.45, 2.75) is 40.0 Å². The van der Waals surface area contributed by atoms with Crippen LogP contribution in [0.15, 0.2) is 35.9 Å².